The number of hydrogen-bond acceptors (Lipinski definition) is 3. The molecule has 1 saturated carbocycles. The Morgan fingerprint density at radius 2 is 1.77 bits per heavy atom. The van der Waals surface area contributed by atoms with Gasteiger partial charge in [0.15, 0.2) is 0 Å². The van der Waals surface area contributed by atoms with Crippen LogP contribution in [0.5, 0.6) is 0 Å². The monoisotopic (exact) mass is 319 g/mol. The van der Waals surface area contributed by atoms with Crippen molar-refractivity contribution in [3.05, 3.63) is 41.7 Å². The van der Waals surface area contributed by atoms with E-state index in [1.165, 1.54) is 12.8 Å². The summed E-state index contributed by atoms with van der Waals surface area (Å²) in [5.41, 5.74) is 2.21. The molecule has 1 aromatic heterocycles. The van der Waals surface area contributed by atoms with Gasteiger partial charge in [-0.15, -0.1) is 0 Å². The third-order valence-electron chi connectivity index (χ3n) is 4.16. The van der Waals surface area contributed by atoms with Crippen LogP contribution >= 0.6 is 0 Å². The van der Waals surface area contributed by atoms with E-state index in [2.05, 4.69) is 9.82 Å². The number of anilines is 1. The quantitative estimate of drug-likeness (QED) is 0.939. The summed E-state index contributed by atoms with van der Waals surface area (Å²) in [7, 11) is -3.60. The van der Waals surface area contributed by atoms with Gasteiger partial charge in [-0.05, 0) is 38.8 Å². The summed E-state index contributed by atoms with van der Waals surface area (Å²) in [5.74, 6) is 0. The van der Waals surface area contributed by atoms with Gasteiger partial charge in [-0.25, -0.2) is 8.42 Å². The second-order valence-electron chi connectivity index (χ2n) is 5.97. The zero-order valence-electron chi connectivity index (χ0n) is 12.9. The van der Waals surface area contributed by atoms with Gasteiger partial charge in [0.2, 0.25) is 0 Å². The van der Waals surface area contributed by atoms with Gasteiger partial charge in [0.1, 0.15) is 4.90 Å². The highest BCUT2D eigenvalue weighted by Gasteiger charge is 2.24. The Morgan fingerprint density at radius 3 is 2.41 bits per heavy atom. The van der Waals surface area contributed by atoms with E-state index in [4.69, 9.17) is 0 Å². The highest BCUT2D eigenvalue weighted by atomic mass is 32.2. The minimum absolute atomic E-state index is 0.264. The molecular formula is C16H21N3O2S. The molecule has 1 aliphatic carbocycles. The summed E-state index contributed by atoms with van der Waals surface area (Å²) in [6.45, 7) is 3.71. The van der Waals surface area contributed by atoms with Crippen LogP contribution in [0.25, 0.3) is 0 Å². The molecule has 0 bridgehead atoms. The van der Waals surface area contributed by atoms with Crippen molar-refractivity contribution in [2.45, 2.75) is 50.5 Å². The number of benzene rings is 1. The van der Waals surface area contributed by atoms with Gasteiger partial charge >= 0.3 is 0 Å². The molecular weight excluding hydrogens is 298 g/mol. The first-order valence-electron chi connectivity index (χ1n) is 7.61. The molecule has 1 N–H and O–H groups in total. The first-order chi connectivity index (χ1) is 10.5. The van der Waals surface area contributed by atoms with E-state index in [-0.39, 0.29) is 4.90 Å². The van der Waals surface area contributed by atoms with Crippen molar-refractivity contribution in [3.8, 4) is 0 Å². The van der Waals surface area contributed by atoms with Crippen molar-refractivity contribution in [2.75, 3.05) is 4.72 Å². The number of hydrogen-bond donors (Lipinski definition) is 1. The Kier molecular flexibility index (Phi) is 3.95. The minimum atomic E-state index is -3.60. The number of aryl methyl sites for hydroxylation is 2. The minimum Gasteiger partial charge on any atom is -0.280 e. The van der Waals surface area contributed by atoms with E-state index in [0.717, 1.165) is 18.4 Å². The van der Waals surface area contributed by atoms with Crippen molar-refractivity contribution in [2.24, 2.45) is 0 Å². The van der Waals surface area contributed by atoms with Crippen LogP contribution in [0, 0.1) is 13.8 Å². The van der Waals surface area contributed by atoms with Crippen molar-refractivity contribution >= 4 is 15.7 Å². The third-order valence-corrected chi connectivity index (χ3v) is 5.65. The molecule has 0 unspecified atom stereocenters. The summed E-state index contributed by atoms with van der Waals surface area (Å²) < 4.78 is 29.6. The molecule has 1 aliphatic rings. The molecule has 1 heterocycles. The van der Waals surface area contributed by atoms with Crippen LogP contribution in [0.15, 0.2) is 35.4 Å². The number of rotatable bonds is 4. The number of aromatic nitrogens is 2. The molecule has 0 amide bonds. The number of nitrogens with zero attached hydrogens (tertiary/aromatic N) is 2. The van der Waals surface area contributed by atoms with Crippen molar-refractivity contribution in [1.29, 1.82) is 0 Å². The summed E-state index contributed by atoms with van der Waals surface area (Å²) in [6.07, 6.45) is 6.19. The summed E-state index contributed by atoms with van der Waals surface area (Å²) in [6, 6.07) is 7.63. The summed E-state index contributed by atoms with van der Waals surface area (Å²) in [5, 5.41) is 4.41. The van der Waals surface area contributed by atoms with Crippen molar-refractivity contribution in [1.82, 2.24) is 9.78 Å². The average Bonchev–Trinajstić information content (AvgIpc) is 3.10. The van der Waals surface area contributed by atoms with Gasteiger partial charge in [-0.3, -0.25) is 9.40 Å². The van der Waals surface area contributed by atoms with Gasteiger partial charge in [0.25, 0.3) is 10.0 Å². The molecule has 0 spiro atoms. The lowest BCUT2D eigenvalue weighted by molar-refractivity contribution is 0.464. The fraction of sp³-hybridized carbons (Fsp3) is 0.438. The standard InChI is InChI=1S/C16H21N3O2S/c1-12-7-9-14(10-8-12)18-22(20,21)16-11-19(17-13(16)2)15-5-3-4-6-15/h7-11,15,18H,3-6H2,1-2H3. The van der Waals surface area contributed by atoms with Gasteiger partial charge in [0.05, 0.1) is 11.7 Å². The van der Waals surface area contributed by atoms with Crippen LogP contribution in [0.3, 0.4) is 0 Å². The van der Waals surface area contributed by atoms with Crippen molar-refractivity contribution < 1.29 is 8.42 Å². The van der Waals surface area contributed by atoms with E-state index >= 15 is 0 Å². The maximum Gasteiger partial charge on any atom is 0.265 e. The number of nitrogens with one attached hydrogen (secondary N) is 1. The largest absolute Gasteiger partial charge is 0.280 e. The maximum absolute atomic E-state index is 12.6. The van der Waals surface area contributed by atoms with E-state index in [9.17, 15) is 8.42 Å². The highest BCUT2D eigenvalue weighted by molar-refractivity contribution is 7.92. The first-order valence-corrected chi connectivity index (χ1v) is 9.09. The predicted molar refractivity (Wildman–Crippen MR) is 86.5 cm³/mol. The lowest BCUT2D eigenvalue weighted by Crippen LogP contribution is -2.13. The Bertz CT molecular complexity index is 757. The van der Waals surface area contributed by atoms with Crippen LogP contribution in [0.4, 0.5) is 5.69 Å². The normalized spacial score (nSPS) is 16.1. The molecule has 0 atom stereocenters. The molecule has 6 heteroatoms. The van der Waals surface area contributed by atoms with Gasteiger partial charge in [-0.1, -0.05) is 30.5 Å². The smallest absolute Gasteiger partial charge is 0.265 e. The molecule has 0 aliphatic heterocycles. The second kappa shape index (κ2) is 5.76. The molecule has 118 valence electrons. The van der Waals surface area contributed by atoms with Crippen LogP contribution < -0.4 is 4.72 Å². The predicted octanol–water partition coefficient (Wildman–Crippen LogP) is 3.42. The van der Waals surface area contributed by atoms with E-state index in [1.54, 1.807) is 25.3 Å². The molecule has 0 radical (unpaired) electrons. The Balaban J connectivity index is 1.86. The van der Waals surface area contributed by atoms with Crippen LogP contribution in [0.1, 0.15) is 43.0 Å². The highest BCUT2D eigenvalue weighted by Crippen LogP contribution is 2.30. The maximum atomic E-state index is 12.6. The molecule has 3 rings (SSSR count). The Hall–Kier alpha value is -1.82. The first kappa shape index (κ1) is 15.1. The molecule has 22 heavy (non-hydrogen) atoms. The fourth-order valence-electron chi connectivity index (χ4n) is 2.92. The lowest BCUT2D eigenvalue weighted by Gasteiger charge is -2.09. The van der Waals surface area contributed by atoms with Crippen LogP contribution in [0.2, 0.25) is 0 Å². The zero-order chi connectivity index (χ0) is 15.7. The van der Waals surface area contributed by atoms with Crippen LogP contribution in [-0.2, 0) is 10.0 Å². The Labute approximate surface area is 131 Å². The average molecular weight is 319 g/mol. The number of sulfonamides is 1. The van der Waals surface area contributed by atoms with E-state index < -0.39 is 10.0 Å². The van der Waals surface area contributed by atoms with E-state index in [0.29, 0.717) is 17.4 Å². The summed E-state index contributed by atoms with van der Waals surface area (Å²) in [4.78, 5) is 0.264. The molecule has 1 fully saturated rings. The van der Waals surface area contributed by atoms with Gasteiger partial charge < -0.3 is 0 Å². The topological polar surface area (TPSA) is 64.0 Å². The molecule has 2 aromatic rings. The molecule has 1 aromatic carbocycles. The van der Waals surface area contributed by atoms with Crippen molar-refractivity contribution in [3.63, 3.8) is 0 Å². The molecule has 5 nitrogen and oxygen atoms in total. The SMILES string of the molecule is Cc1ccc(NS(=O)(=O)c2cn(C3CCCC3)nc2C)cc1. The lowest BCUT2D eigenvalue weighted by atomic mass is 10.2. The van der Waals surface area contributed by atoms with Gasteiger partial charge in [-0.2, -0.15) is 5.10 Å². The zero-order valence-corrected chi connectivity index (χ0v) is 13.7. The van der Waals surface area contributed by atoms with Gasteiger partial charge in [0, 0.05) is 11.9 Å². The fourth-order valence-corrected chi connectivity index (χ4v) is 4.15. The third kappa shape index (κ3) is 3.02. The molecule has 0 saturated heterocycles. The van der Waals surface area contributed by atoms with E-state index in [1.807, 2.05) is 23.7 Å². The summed E-state index contributed by atoms with van der Waals surface area (Å²) >= 11 is 0. The second-order valence-corrected chi connectivity index (χ2v) is 7.62. The Morgan fingerprint density at radius 1 is 1.14 bits per heavy atom. The van der Waals surface area contributed by atoms with Crippen LogP contribution in [-0.4, -0.2) is 18.2 Å².